The second-order valence-corrected chi connectivity index (χ2v) is 3.70. The summed E-state index contributed by atoms with van der Waals surface area (Å²) in [5.74, 6) is 0.598. The van der Waals surface area contributed by atoms with E-state index in [1.165, 1.54) is 0 Å². The van der Waals surface area contributed by atoms with Crippen LogP contribution in [-0.2, 0) is 4.79 Å². The van der Waals surface area contributed by atoms with Crippen molar-refractivity contribution in [3.8, 4) is 5.75 Å². The van der Waals surface area contributed by atoms with Gasteiger partial charge in [0.1, 0.15) is 5.75 Å². The molecule has 1 unspecified atom stereocenters. The molecule has 1 atom stereocenters. The Morgan fingerprint density at radius 2 is 2.12 bits per heavy atom. The summed E-state index contributed by atoms with van der Waals surface area (Å²) in [6.07, 6.45) is 0. The summed E-state index contributed by atoms with van der Waals surface area (Å²) in [5, 5.41) is 5.69. The molecule has 0 radical (unpaired) electrons. The van der Waals surface area contributed by atoms with Crippen molar-refractivity contribution < 1.29 is 9.53 Å². The number of ether oxygens (including phenoxy) is 1. The Balaban J connectivity index is 2.84. The average molecular weight is 222 g/mol. The highest BCUT2D eigenvalue weighted by molar-refractivity contribution is 5.95. The number of methoxy groups -OCH3 is 1. The minimum atomic E-state index is -0.231. The molecule has 0 bridgehead atoms. The van der Waals surface area contributed by atoms with E-state index in [2.05, 4.69) is 10.6 Å². The molecule has 0 fully saturated rings. The number of aryl methyl sites for hydroxylation is 1. The van der Waals surface area contributed by atoms with E-state index in [0.717, 1.165) is 5.56 Å². The molecule has 0 aromatic heterocycles. The molecule has 0 spiro atoms. The molecule has 1 aromatic carbocycles. The lowest BCUT2D eigenvalue weighted by Crippen LogP contribution is -2.35. The molecule has 4 nitrogen and oxygen atoms in total. The van der Waals surface area contributed by atoms with Gasteiger partial charge in [-0.3, -0.25) is 4.79 Å². The van der Waals surface area contributed by atoms with Gasteiger partial charge >= 0.3 is 0 Å². The van der Waals surface area contributed by atoms with Crippen LogP contribution in [0.5, 0.6) is 5.75 Å². The molecule has 1 aromatic rings. The van der Waals surface area contributed by atoms with Crippen LogP contribution in [0.25, 0.3) is 0 Å². The molecule has 88 valence electrons. The van der Waals surface area contributed by atoms with Crippen LogP contribution in [0, 0.1) is 6.92 Å². The fraction of sp³-hybridized carbons (Fsp3) is 0.417. The fourth-order valence-electron chi connectivity index (χ4n) is 1.27. The number of likely N-dealkylation sites (N-methyl/N-ethyl adjacent to an activating group) is 1. The first-order valence-corrected chi connectivity index (χ1v) is 5.21. The number of benzene rings is 1. The normalized spacial score (nSPS) is 12.0. The summed E-state index contributed by atoms with van der Waals surface area (Å²) in [4.78, 5) is 11.7. The second-order valence-electron chi connectivity index (χ2n) is 3.70. The summed E-state index contributed by atoms with van der Waals surface area (Å²) >= 11 is 0. The van der Waals surface area contributed by atoms with E-state index < -0.39 is 0 Å². The van der Waals surface area contributed by atoms with Crippen molar-refractivity contribution in [2.75, 3.05) is 19.5 Å². The first-order chi connectivity index (χ1) is 7.58. The van der Waals surface area contributed by atoms with Crippen LogP contribution in [0.4, 0.5) is 5.69 Å². The quantitative estimate of drug-likeness (QED) is 0.812. The number of nitrogens with one attached hydrogen (secondary N) is 2. The average Bonchev–Trinajstić information content (AvgIpc) is 2.30. The lowest BCUT2D eigenvalue weighted by molar-refractivity contribution is -0.117. The monoisotopic (exact) mass is 222 g/mol. The van der Waals surface area contributed by atoms with Crippen LogP contribution >= 0.6 is 0 Å². The molecule has 0 saturated heterocycles. The first-order valence-electron chi connectivity index (χ1n) is 5.21. The molecule has 16 heavy (non-hydrogen) atoms. The van der Waals surface area contributed by atoms with Crippen LogP contribution in [0.15, 0.2) is 18.2 Å². The Bertz CT molecular complexity index is 377. The molecule has 0 saturated carbocycles. The summed E-state index contributed by atoms with van der Waals surface area (Å²) < 4.78 is 5.21. The lowest BCUT2D eigenvalue weighted by Gasteiger charge is -2.14. The molecular formula is C12H18N2O2. The highest BCUT2D eigenvalue weighted by atomic mass is 16.5. The number of hydrogen-bond donors (Lipinski definition) is 2. The molecule has 4 heteroatoms. The van der Waals surface area contributed by atoms with E-state index in [1.807, 2.05) is 25.1 Å². The molecule has 0 aliphatic heterocycles. The fourth-order valence-corrected chi connectivity index (χ4v) is 1.27. The van der Waals surface area contributed by atoms with Crippen LogP contribution in [0.1, 0.15) is 12.5 Å². The van der Waals surface area contributed by atoms with Crippen molar-refractivity contribution in [2.24, 2.45) is 0 Å². The lowest BCUT2D eigenvalue weighted by atomic mass is 10.2. The van der Waals surface area contributed by atoms with Gasteiger partial charge in [0.15, 0.2) is 0 Å². The van der Waals surface area contributed by atoms with Crippen LogP contribution in [0.2, 0.25) is 0 Å². The van der Waals surface area contributed by atoms with Gasteiger partial charge in [-0.2, -0.15) is 0 Å². The number of rotatable bonds is 4. The number of carbonyl (C=O) groups is 1. The van der Waals surface area contributed by atoms with E-state index in [9.17, 15) is 4.79 Å². The number of carbonyl (C=O) groups excluding carboxylic acids is 1. The predicted molar refractivity (Wildman–Crippen MR) is 64.9 cm³/mol. The minimum absolute atomic E-state index is 0.0790. The summed E-state index contributed by atoms with van der Waals surface area (Å²) in [7, 11) is 3.34. The second kappa shape index (κ2) is 5.51. The highest BCUT2D eigenvalue weighted by Crippen LogP contribution is 2.25. The molecule has 1 amide bonds. The molecule has 2 N–H and O–H groups in total. The van der Waals surface area contributed by atoms with Gasteiger partial charge in [-0.15, -0.1) is 0 Å². The number of hydrogen-bond acceptors (Lipinski definition) is 3. The van der Waals surface area contributed by atoms with Crippen molar-refractivity contribution in [1.29, 1.82) is 0 Å². The Morgan fingerprint density at radius 3 is 2.69 bits per heavy atom. The third kappa shape index (κ3) is 2.97. The largest absolute Gasteiger partial charge is 0.495 e. The molecular weight excluding hydrogens is 204 g/mol. The zero-order valence-electron chi connectivity index (χ0n) is 10.1. The summed E-state index contributed by atoms with van der Waals surface area (Å²) in [5.41, 5.74) is 1.79. The van der Waals surface area contributed by atoms with E-state index in [-0.39, 0.29) is 11.9 Å². The van der Waals surface area contributed by atoms with E-state index in [4.69, 9.17) is 4.74 Å². The Kier molecular flexibility index (Phi) is 4.31. The van der Waals surface area contributed by atoms with Gasteiger partial charge in [0.05, 0.1) is 18.8 Å². The van der Waals surface area contributed by atoms with Crippen molar-refractivity contribution in [1.82, 2.24) is 5.32 Å². The highest BCUT2D eigenvalue weighted by Gasteiger charge is 2.12. The zero-order valence-corrected chi connectivity index (χ0v) is 10.1. The van der Waals surface area contributed by atoms with Gasteiger partial charge < -0.3 is 15.4 Å². The topological polar surface area (TPSA) is 50.4 Å². The van der Waals surface area contributed by atoms with Gasteiger partial charge in [0.25, 0.3) is 0 Å². The predicted octanol–water partition coefficient (Wildman–Crippen LogP) is 1.55. The van der Waals surface area contributed by atoms with Crippen molar-refractivity contribution in [3.63, 3.8) is 0 Å². The van der Waals surface area contributed by atoms with Gasteiger partial charge in [0.2, 0.25) is 5.91 Å². The Hall–Kier alpha value is -1.55. The van der Waals surface area contributed by atoms with Gasteiger partial charge in [-0.25, -0.2) is 0 Å². The van der Waals surface area contributed by atoms with Gasteiger partial charge in [-0.1, -0.05) is 6.07 Å². The maximum atomic E-state index is 11.7. The third-order valence-electron chi connectivity index (χ3n) is 2.44. The first kappa shape index (κ1) is 12.5. The molecule has 1 rings (SSSR count). The maximum absolute atomic E-state index is 11.7. The van der Waals surface area contributed by atoms with Crippen LogP contribution in [-0.4, -0.2) is 26.1 Å². The standard InChI is InChI=1S/C12H18N2O2/c1-8-5-6-10(11(7-8)16-4)14-12(15)9(2)13-3/h5-7,9,13H,1-4H3,(H,14,15). The van der Waals surface area contributed by atoms with Crippen LogP contribution < -0.4 is 15.4 Å². The zero-order chi connectivity index (χ0) is 12.1. The SMILES string of the molecule is CNC(C)C(=O)Nc1ccc(C)cc1OC. The number of anilines is 1. The minimum Gasteiger partial charge on any atom is -0.495 e. The molecule has 0 aliphatic carbocycles. The van der Waals surface area contributed by atoms with Crippen molar-refractivity contribution >= 4 is 11.6 Å². The van der Waals surface area contributed by atoms with Crippen molar-refractivity contribution in [2.45, 2.75) is 19.9 Å². The summed E-state index contributed by atoms with van der Waals surface area (Å²) in [6, 6.07) is 5.43. The maximum Gasteiger partial charge on any atom is 0.241 e. The molecule has 0 heterocycles. The van der Waals surface area contributed by atoms with E-state index >= 15 is 0 Å². The van der Waals surface area contributed by atoms with E-state index in [1.54, 1.807) is 21.1 Å². The Morgan fingerprint density at radius 1 is 1.44 bits per heavy atom. The Labute approximate surface area is 96.0 Å². The molecule has 0 aliphatic rings. The van der Waals surface area contributed by atoms with Gasteiger partial charge in [0, 0.05) is 0 Å². The number of amides is 1. The summed E-state index contributed by atoms with van der Waals surface area (Å²) in [6.45, 7) is 3.78. The van der Waals surface area contributed by atoms with Crippen LogP contribution in [0.3, 0.4) is 0 Å². The smallest absolute Gasteiger partial charge is 0.241 e. The van der Waals surface area contributed by atoms with Crippen molar-refractivity contribution in [3.05, 3.63) is 23.8 Å². The van der Waals surface area contributed by atoms with E-state index in [0.29, 0.717) is 11.4 Å². The third-order valence-corrected chi connectivity index (χ3v) is 2.44. The van der Waals surface area contributed by atoms with Gasteiger partial charge in [-0.05, 0) is 38.6 Å².